The lowest BCUT2D eigenvalue weighted by molar-refractivity contribution is 0.200. The summed E-state index contributed by atoms with van der Waals surface area (Å²) in [4.78, 5) is 1.06. The van der Waals surface area contributed by atoms with Crippen molar-refractivity contribution in [3.05, 3.63) is 30.1 Å². The van der Waals surface area contributed by atoms with Gasteiger partial charge in [0.15, 0.2) is 0 Å². The molecule has 0 spiro atoms. The van der Waals surface area contributed by atoms with Crippen molar-refractivity contribution in [1.29, 1.82) is 0 Å². The van der Waals surface area contributed by atoms with Crippen molar-refractivity contribution in [2.45, 2.75) is 34.9 Å². The number of halogens is 1. The smallest absolute Gasteiger partial charge is 0.123 e. The molecule has 0 amide bonds. The molecule has 1 aliphatic carbocycles. The predicted octanol–water partition coefficient (Wildman–Crippen LogP) is 2.16. The van der Waals surface area contributed by atoms with Crippen LogP contribution in [-0.2, 0) is 0 Å². The van der Waals surface area contributed by atoms with E-state index in [2.05, 4.69) is 0 Å². The van der Waals surface area contributed by atoms with E-state index in [0.29, 0.717) is 5.25 Å². The highest BCUT2D eigenvalue weighted by molar-refractivity contribution is 8.00. The van der Waals surface area contributed by atoms with E-state index in [0.717, 1.165) is 24.2 Å². The lowest BCUT2D eigenvalue weighted by Crippen LogP contribution is -2.40. The van der Waals surface area contributed by atoms with Crippen molar-refractivity contribution in [1.82, 2.24) is 0 Å². The Kier molecular flexibility index (Phi) is 3.52. The van der Waals surface area contributed by atoms with E-state index in [-0.39, 0.29) is 12.4 Å². The number of hydrogen-bond donors (Lipinski definition) is 2. The van der Waals surface area contributed by atoms with Gasteiger partial charge in [0.2, 0.25) is 0 Å². The fraction of sp³-hybridized carbons (Fsp3) is 0.500. The lowest BCUT2D eigenvalue weighted by Gasteiger charge is -2.20. The molecular weight excluding hydrogens is 225 g/mol. The number of rotatable bonds is 3. The number of hydrogen-bond acceptors (Lipinski definition) is 3. The first-order valence-electron chi connectivity index (χ1n) is 5.43. The summed E-state index contributed by atoms with van der Waals surface area (Å²) < 4.78 is 12.7. The molecule has 1 aromatic rings. The quantitative estimate of drug-likeness (QED) is 0.852. The first kappa shape index (κ1) is 11.9. The first-order chi connectivity index (χ1) is 7.61. The lowest BCUT2D eigenvalue weighted by atomic mass is 10.0. The maximum atomic E-state index is 12.7. The molecule has 1 saturated carbocycles. The van der Waals surface area contributed by atoms with Crippen molar-refractivity contribution >= 4 is 11.8 Å². The third-order valence-electron chi connectivity index (χ3n) is 3.03. The molecule has 3 N–H and O–H groups in total. The summed E-state index contributed by atoms with van der Waals surface area (Å²) in [6, 6.07) is 6.52. The summed E-state index contributed by atoms with van der Waals surface area (Å²) in [5.41, 5.74) is 5.60. The summed E-state index contributed by atoms with van der Waals surface area (Å²) >= 11 is 1.72. The molecule has 2 rings (SSSR count). The highest BCUT2D eigenvalue weighted by atomic mass is 32.2. The van der Waals surface area contributed by atoms with Crippen molar-refractivity contribution < 1.29 is 9.50 Å². The molecule has 1 aliphatic rings. The van der Waals surface area contributed by atoms with Gasteiger partial charge in [0, 0.05) is 15.7 Å². The monoisotopic (exact) mass is 241 g/mol. The Morgan fingerprint density at radius 3 is 2.69 bits per heavy atom. The molecule has 0 saturated heterocycles. The van der Waals surface area contributed by atoms with Gasteiger partial charge in [-0.05, 0) is 43.5 Å². The van der Waals surface area contributed by atoms with E-state index < -0.39 is 5.54 Å². The Bertz CT molecular complexity index is 357. The minimum Gasteiger partial charge on any atom is -0.394 e. The molecule has 0 radical (unpaired) electrons. The molecule has 2 unspecified atom stereocenters. The summed E-state index contributed by atoms with van der Waals surface area (Å²) in [6.07, 6.45) is 2.70. The minimum absolute atomic E-state index is 0.0491. The van der Waals surface area contributed by atoms with E-state index in [1.807, 2.05) is 0 Å². The van der Waals surface area contributed by atoms with E-state index in [1.54, 1.807) is 23.9 Å². The standard InChI is InChI=1S/C12H16FNOS/c13-9-1-3-10(4-2-9)16-11-5-6-12(14,7-11)8-15/h1-4,11,15H,5-8,14H2. The van der Waals surface area contributed by atoms with E-state index in [1.165, 1.54) is 12.1 Å². The number of thioether (sulfide) groups is 1. The van der Waals surface area contributed by atoms with Crippen LogP contribution in [0.4, 0.5) is 4.39 Å². The molecule has 0 heterocycles. The van der Waals surface area contributed by atoms with Crippen molar-refractivity contribution in [3.8, 4) is 0 Å². The number of benzene rings is 1. The van der Waals surface area contributed by atoms with Gasteiger partial charge in [-0.3, -0.25) is 0 Å². The molecule has 0 bridgehead atoms. The molecule has 2 nitrogen and oxygen atoms in total. The third kappa shape index (κ3) is 2.75. The van der Waals surface area contributed by atoms with Crippen LogP contribution in [0.5, 0.6) is 0 Å². The average Bonchev–Trinajstić information content (AvgIpc) is 2.65. The van der Waals surface area contributed by atoms with Crippen LogP contribution in [0.2, 0.25) is 0 Å². The number of aliphatic hydroxyl groups excluding tert-OH is 1. The van der Waals surface area contributed by atoms with E-state index in [4.69, 9.17) is 10.8 Å². The summed E-state index contributed by atoms with van der Waals surface area (Å²) in [5, 5.41) is 9.59. The fourth-order valence-corrected chi connectivity index (χ4v) is 3.38. The van der Waals surface area contributed by atoms with Gasteiger partial charge in [0.1, 0.15) is 5.82 Å². The van der Waals surface area contributed by atoms with Gasteiger partial charge in [-0.15, -0.1) is 11.8 Å². The van der Waals surface area contributed by atoms with Crippen LogP contribution < -0.4 is 5.73 Å². The second-order valence-electron chi connectivity index (χ2n) is 4.46. The Morgan fingerprint density at radius 1 is 1.44 bits per heavy atom. The van der Waals surface area contributed by atoms with Gasteiger partial charge in [0.05, 0.1) is 6.61 Å². The Labute approximate surface area is 99.0 Å². The first-order valence-corrected chi connectivity index (χ1v) is 6.31. The molecule has 0 aliphatic heterocycles. The molecule has 88 valence electrons. The van der Waals surface area contributed by atoms with Crippen LogP contribution in [0.25, 0.3) is 0 Å². The second-order valence-corrected chi connectivity index (χ2v) is 5.83. The van der Waals surface area contributed by atoms with Gasteiger partial charge >= 0.3 is 0 Å². The molecule has 0 aromatic heterocycles. The fourth-order valence-electron chi connectivity index (χ4n) is 2.06. The highest BCUT2D eigenvalue weighted by Crippen LogP contribution is 2.38. The van der Waals surface area contributed by atoms with Crippen LogP contribution in [0.1, 0.15) is 19.3 Å². The zero-order valence-corrected chi connectivity index (χ0v) is 9.84. The van der Waals surface area contributed by atoms with Gasteiger partial charge in [0.25, 0.3) is 0 Å². The van der Waals surface area contributed by atoms with Crippen LogP contribution in [0.15, 0.2) is 29.2 Å². The molecular formula is C12H16FNOS. The molecule has 2 atom stereocenters. The van der Waals surface area contributed by atoms with E-state index in [9.17, 15) is 4.39 Å². The van der Waals surface area contributed by atoms with Crippen molar-refractivity contribution in [2.75, 3.05) is 6.61 Å². The maximum Gasteiger partial charge on any atom is 0.123 e. The third-order valence-corrected chi connectivity index (χ3v) is 4.31. The average molecular weight is 241 g/mol. The minimum atomic E-state index is -0.405. The second kappa shape index (κ2) is 4.73. The van der Waals surface area contributed by atoms with Gasteiger partial charge < -0.3 is 10.8 Å². The Morgan fingerprint density at radius 2 is 2.12 bits per heavy atom. The van der Waals surface area contributed by atoms with Gasteiger partial charge in [-0.2, -0.15) is 0 Å². The largest absolute Gasteiger partial charge is 0.394 e. The summed E-state index contributed by atoms with van der Waals surface area (Å²) in [5.74, 6) is -0.209. The van der Waals surface area contributed by atoms with Gasteiger partial charge in [-0.25, -0.2) is 4.39 Å². The molecule has 4 heteroatoms. The van der Waals surface area contributed by atoms with Crippen LogP contribution in [-0.4, -0.2) is 22.5 Å². The number of aliphatic hydroxyl groups is 1. The SMILES string of the molecule is NC1(CO)CCC(Sc2ccc(F)cc2)C1. The summed E-state index contributed by atoms with van der Waals surface area (Å²) in [6.45, 7) is 0.0491. The predicted molar refractivity (Wildman–Crippen MR) is 63.9 cm³/mol. The zero-order chi connectivity index (χ0) is 11.6. The molecule has 1 fully saturated rings. The summed E-state index contributed by atoms with van der Waals surface area (Å²) in [7, 11) is 0. The Balaban J connectivity index is 1.94. The van der Waals surface area contributed by atoms with Crippen LogP contribution in [0.3, 0.4) is 0 Å². The van der Waals surface area contributed by atoms with Crippen LogP contribution in [0, 0.1) is 5.82 Å². The topological polar surface area (TPSA) is 46.2 Å². The molecule has 16 heavy (non-hydrogen) atoms. The molecule has 1 aromatic carbocycles. The van der Waals surface area contributed by atoms with E-state index >= 15 is 0 Å². The normalized spacial score (nSPS) is 29.6. The number of nitrogens with two attached hydrogens (primary N) is 1. The highest BCUT2D eigenvalue weighted by Gasteiger charge is 2.35. The Hall–Kier alpha value is -0.580. The van der Waals surface area contributed by atoms with Crippen LogP contribution >= 0.6 is 11.8 Å². The van der Waals surface area contributed by atoms with Gasteiger partial charge in [-0.1, -0.05) is 0 Å². The van der Waals surface area contributed by atoms with Crippen molar-refractivity contribution in [2.24, 2.45) is 5.73 Å². The zero-order valence-electron chi connectivity index (χ0n) is 9.03. The van der Waals surface area contributed by atoms with Crippen molar-refractivity contribution in [3.63, 3.8) is 0 Å². The maximum absolute atomic E-state index is 12.7.